The first-order chi connectivity index (χ1) is 14.0. The van der Waals surface area contributed by atoms with Gasteiger partial charge in [-0.3, -0.25) is 14.2 Å². The Labute approximate surface area is 181 Å². The van der Waals surface area contributed by atoms with Gasteiger partial charge in [0.2, 0.25) is 5.91 Å². The minimum Gasteiger partial charge on any atom is -0.301 e. The molecule has 9 heteroatoms. The van der Waals surface area contributed by atoms with E-state index in [1.807, 2.05) is 42.6 Å². The number of hydrogen-bond donors (Lipinski definition) is 1. The number of benzene rings is 1. The van der Waals surface area contributed by atoms with Crippen molar-refractivity contribution in [2.75, 3.05) is 11.1 Å². The van der Waals surface area contributed by atoms with Crippen LogP contribution in [0.2, 0.25) is 0 Å². The lowest BCUT2D eigenvalue weighted by molar-refractivity contribution is -0.113. The molecule has 1 amide bonds. The molecule has 1 N–H and O–H groups in total. The van der Waals surface area contributed by atoms with Gasteiger partial charge in [0.05, 0.1) is 28.6 Å². The number of anilines is 1. The zero-order valence-electron chi connectivity index (χ0n) is 16.0. The van der Waals surface area contributed by atoms with Crippen molar-refractivity contribution < 1.29 is 4.79 Å². The molecule has 150 valence electrons. The Balaban J connectivity index is 1.57. The number of nitrogens with one attached hydrogen (secondary N) is 1. The summed E-state index contributed by atoms with van der Waals surface area (Å²) < 4.78 is 1.69. The summed E-state index contributed by atoms with van der Waals surface area (Å²) in [6.45, 7) is 4.42. The van der Waals surface area contributed by atoms with Crippen LogP contribution in [-0.4, -0.2) is 31.4 Å². The highest BCUT2D eigenvalue weighted by Gasteiger charge is 2.26. The maximum atomic E-state index is 13.1. The lowest BCUT2D eigenvalue weighted by atomic mass is 10.2. The van der Waals surface area contributed by atoms with Gasteiger partial charge in [0.25, 0.3) is 5.56 Å². The van der Waals surface area contributed by atoms with E-state index >= 15 is 0 Å². The third-order valence-corrected chi connectivity index (χ3v) is 7.41. The fraction of sp³-hybridized carbons (Fsp3) is 0.300. The van der Waals surface area contributed by atoms with Crippen LogP contribution in [0.1, 0.15) is 23.9 Å². The summed E-state index contributed by atoms with van der Waals surface area (Å²) in [6, 6.07) is 9.83. The molecular weight excluding hydrogens is 424 g/mol. The number of carbonyl (C=O) groups excluding carboxylic acids is 1. The number of nitrogens with zero attached hydrogens (tertiary/aromatic N) is 3. The van der Waals surface area contributed by atoms with Crippen LogP contribution in [0.3, 0.4) is 0 Å². The van der Waals surface area contributed by atoms with Crippen LogP contribution in [-0.2, 0) is 17.8 Å². The molecule has 0 aliphatic carbocycles. The van der Waals surface area contributed by atoms with Gasteiger partial charge in [-0.25, -0.2) is 9.97 Å². The zero-order valence-corrected chi connectivity index (χ0v) is 18.5. The van der Waals surface area contributed by atoms with Gasteiger partial charge in [0.1, 0.15) is 0 Å². The SMILES string of the molecule is Cc1csc(NC(=O)CSc2nc3c(c(=O)n2Cc2ccccc2)SC(C)C3)n1. The Morgan fingerprint density at radius 3 is 2.83 bits per heavy atom. The third-order valence-electron chi connectivity index (χ3n) is 4.34. The first-order valence-electron chi connectivity index (χ1n) is 9.18. The molecule has 0 bridgehead atoms. The molecule has 0 saturated heterocycles. The van der Waals surface area contributed by atoms with Gasteiger partial charge < -0.3 is 5.32 Å². The normalized spacial score (nSPS) is 15.3. The van der Waals surface area contributed by atoms with Crippen LogP contribution in [0.25, 0.3) is 0 Å². The van der Waals surface area contributed by atoms with E-state index in [0.717, 1.165) is 28.3 Å². The van der Waals surface area contributed by atoms with E-state index in [1.165, 1.54) is 23.1 Å². The summed E-state index contributed by atoms with van der Waals surface area (Å²) in [7, 11) is 0. The highest BCUT2D eigenvalue weighted by molar-refractivity contribution is 8.00. The molecule has 4 rings (SSSR count). The van der Waals surface area contributed by atoms with Crippen LogP contribution >= 0.6 is 34.9 Å². The van der Waals surface area contributed by atoms with Gasteiger partial charge in [-0.2, -0.15) is 0 Å². The minimum atomic E-state index is -0.159. The zero-order chi connectivity index (χ0) is 20.4. The summed E-state index contributed by atoms with van der Waals surface area (Å²) >= 11 is 4.28. The number of thiazole rings is 1. The number of rotatable bonds is 6. The van der Waals surface area contributed by atoms with Gasteiger partial charge in [-0.1, -0.05) is 49.0 Å². The van der Waals surface area contributed by atoms with Crippen molar-refractivity contribution in [1.29, 1.82) is 0 Å². The fourth-order valence-electron chi connectivity index (χ4n) is 3.04. The predicted molar refractivity (Wildman–Crippen MR) is 119 cm³/mol. The van der Waals surface area contributed by atoms with Gasteiger partial charge in [0, 0.05) is 17.1 Å². The number of thioether (sulfide) groups is 2. The van der Waals surface area contributed by atoms with Crippen LogP contribution in [0.4, 0.5) is 5.13 Å². The maximum absolute atomic E-state index is 13.1. The van der Waals surface area contributed by atoms with Crippen molar-refractivity contribution in [3.63, 3.8) is 0 Å². The van der Waals surface area contributed by atoms with Gasteiger partial charge in [0.15, 0.2) is 10.3 Å². The molecule has 0 spiro atoms. The highest BCUT2D eigenvalue weighted by atomic mass is 32.2. The molecule has 3 heterocycles. The Morgan fingerprint density at radius 1 is 1.31 bits per heavy atom. The monoisotopic (exact) mass is 444 g/mol. The molecule has 0 radical (unpaired) electrons. The smallest absolute Gasteiger partial charge is 0.268 e. The summed E-state index contributed by atoms with van der Waals surface area (Å²) in [5.74, 6) is 0.00883. The number of aromatic nitrogens is 3. The molecule has 2 aromatic heterocycles. The van der Waals surface area contributed by atoms with Crippen LogP contribution in [0.5, 0.6) is 0 Å². The van der Waals surface area contributed by atoms with E-state index in [0.29, 0.717) is 22.1 Å². The van der Waals surface area contributed by atoms with Crippen molar-refractivity contribution >= 4 is 45.9 Å². The van der Waals surface area contributed by atoms with E-state index in [1.54, 1.807) is 16.3 Å². The molecular formula is C20H20N4O2S3. The number of carbonyl (C=O) groups is 1. The second-order valence-corrected chi connectivity index (χ2v) is 10.1. The van der Waals surface area contributed by atoms with E-state index < -0.39 is 0 Å². The van der Waals surface area contributed by atoms with E-state index in [2.05, 4.69) is 17.2 Å². The number of aryl methyl sites for hydroxylation is 1. The predicted octanol–water partition coefficient (Wildman–Crippen LogP) is 3.82. The molecule has 1 aromatic carbocycles. The van der Waals surface area contributed by atoms with Gasteiger partial charge in [-0.15, -0.1) is 23.1 Å². The third kappa shape index (κ3) is 4.73. The van der Waals surface area contributed by atoms with Crippen molar-refractivity contribution in [1.82, 2.24) is 14.5 Å². The topological polar surface area (TPSA) is 76.9 Å². The molecule has 1 aliphatic rings. The van der Waals surface area contributed by atoms with Crippen LogP contribution < -0.4 is 10.9 Å². The van der Waals surface area contributed by atoms with Gasteiger partial charge >= 0.3 is 0 Å². The molecule has 0 saturated carbocycles. The summed E-state index contributed by atoms with van der Waals surface area (Å²) in [5, 5.41) is 6.20. The van der Waals surface area contributed by atoms with Crippen molar-refractivity contribution in [2.24, 2.45) is 0 Å². The first kappa shape index (κ1) is 20.2. The first-order valence-corrected chi connectivity index (χ1v) is 11.9. The highest BCUT2D eigenvalue weighted by Crippen LogP contribution is 2.34. The second-order valence-electron chi connectivity index (χ2n) is 6.81. The van der Waals surface area contributed by atoms with Crippen molar-refractivity contribution in [2.45, 2.75) is 42.1 Å². The number of hydrogen-bond acceptors (Lipinski definition) is 7. The standard InChI is InChI=1S/C20H20N4O2S3/c1-12-10-27-19(21-12)23-16(25)11-28-20-22-15-8-13(2)29-17(15)18(26)24(20)9-14-6-4-3-5-7-14/h3-7,10,13H,8-9,11H2,1-2H3,(H,21,23,25). The molecule has 1 unspecified atom stereocenters. The Kier molecular flexibility index (Phi) is 6.07. The molecule has 3 aromatic rings. The van der Waals surface area contributed by atoms with Gasteiger partial charge in [-0.05, 0) is 12.5 Å². The molecule has 1 atom stereocenters. The van der Waals surface area contributed by atoms with Crippen LogP contribution in [0.15, 0.2) is 50.6 Å². The van der Waals surface area contributed by atoms with Crippen LogP contribution in [0, 0.1) is 6.92 Å². The largest absolute Gasteiger partial charge is 0.301 e. The average Bonchev–Trinajstić information content (AvgIpc) is 3.28. The lowest BCUT2D eigenvalue weighted by Crippen LogP contribution is -2.26. The second kappa shape index (κ2) is 8.73. The Bertz CT molecular complexity index is 1090. The number of amides is 1. The molecule has 6 nitrogen and oxygen atoms in total. The van der Waals surface area contributed by atoms with E-state index in [4.69, 9.17) is 4.98 Å². The van der Waals surface area contributed by atoms with E-state index in [-0.39, 0.29) is 17.2 Å². The quantitative estimate of drug-likeness (QED) is 0.460. The Hall–Kier alpha value is -2.10. The van der Waals surface area contributed by atoms with E-state index in [9.17, 15) is 9.59 Å². The summed E-state index contributed by atoms with van der Waals surface area (Å²) in [6.07, 6.45) is 0.777. The van der Waals surface area contributed by atoms with Crippen molar-refractivity contribution in [3.8, 4) is 0 Å². The average molecular weight is 445 g/mol. The number of fused-ring (bicyclic) bond motifs is 1. The summed E-state index contributed by atoms with van der Waals surface area (Å²) in [4.78, 5) is 35.2. The Morgan fingerprint density at radius 2 is 2.10 bits per heavy atom. The summed E-state index contributed by atoms with van der Waals surface area (Å²) in [5.41, 5.74) is 2.72. The minimum absolute atomic E-state index is 0.0216. The molecule has 1 aliphatic heterocycles. The van der Waals surface area contributed by atoms with Crippen molar-refractivity contribution in [3.05, 3.63) is 63.0 Å². The molecule has 29 heavy (non-hydrogen) atoms. The fourth-order valence-corrected chi connectivity index (χ4v) is 5.68. The maximum Gasteiger partial charge on any atom is 0.268 e. The lowest BCUT2D eigenvalue weighted by Gasteiger charge is -2.13. The molecule has 0 fully saturated rings.